The van der Waals surface area contributed by atoms with Gasteiger partial charge in [0.15, 0.2) is 5.78 Å². The van der Waals surface area contributed by atoms with Gasteiger partial charge >= 0.3 is 0 Å². The van der Waals surface area contributed by atoms with Crippen LogP contribution in [0.25, 0.3) is 11.1 Å². The summed E-state index contributed by atoms with van der Waals surface area (Å²) in [7, 11) is 3.75. The van der Waals surface area contributed by atoms with Crippen LogP contribution in [0.15, 0.2) is 61.1 Å². The molecule has 0 bridgehead atoms. The first-order valence-electron chi connectivity index (χ1n) is 6.06. The second kappa shape index (κ2) is 5.96. The van der Waals surface area contributed by atoms with E-state index >= 15 is 0 Å². The Kier molecular flexibility index (Phi) is 4.08. The van der Waals surface area contributed by atoms with E-state index in [9.17, 15) is 4.79 Å². The second-order valence-corrected chi connectivity index (χ2v) is 4.47. The lowest BCUT2D eigenvalue weighted by Crippen LogP contribution is -2.03. The zero-order valence-electron chi connectivity index (χ0n) is 11.1. The molecule has 96 valence electrons. The highest BCUT2D eigenvalue weighted by Crippen LogP contribution is 2.19. The van der Waals surface area contributed by atoms with Gasteiger partial charge in [-0.15, -0.1) is 0 Å². The summed E-state index contributed by atoms with van der Waals surface area (Å²) in [5, 5.41) is 0. The molecule has 0 aliphatic carbocycles. The van der Waals surface area contributed by atoms with Crippen molar-refractivity contribution in [3.63, 3.8) is 0 Å². The summed E-state index contributed by atoms with van der Waals surface area (Å²) in [4.78, 5) is 17.9. The van der Waals surface area contributed by atoms with Gasteiger partial charge in [0.05, 0.1) is 0 Å². The largest absolute Gasteiger partial charge is 0.383 e. The molecule has 0 saturated carbocycles. The van der Waals surface area contributed by atoms with Gasteiger partial charge in [-0.05, 0) is 11.6 Å². The average molecular weight is 252 g/mol. The van der Waals surface area contributed by atoms with Crippen LogP contribution in [0.4, 0.5) is 0 Å². The summed E-state index contributed by atoms with van der Waals surface area (Å²) in [6.45, 7) is 0. The third kappa shape index (κ3) is 3.52. The maximum absolute atomic E-state index is 12.0. The highest BCUT2D eigenvalue weighted by Gasteiger charge is 2.05. The lowest BCUT2D eigenvalue weighted by Gasteiger charge is -2.04. The first-order valence-corrected chi connectivity index (χ1v) is 6.06. The highest BCUT2D eigenvalue weighted by atomic mass is 16.1. The van der Waals surface area contributed by atoms with Crippen LogP contribution in [-0.4, -0.2) is 29.8 Å². The van der Waals surface area contributed by atoms with Gasteiger partial charge in [-0.2, -0.15) is 0 Å². The monoisotopic (exact) mass is 252 g/mol. The molecule has 0 aliphatic rings. The van der Waals surface area contributed by atoms with E-state index < -0.39 is 0 Å². The Morgan fingerprint density at radius 1 is 1.11 bits per heavy atom. The van der Waals surface area contributed by atoms with Crippen molar-refractivity contribution in [3.8, 4) is 11.1 Å². The van der Waals surface area contributed by atoms with E-state index in [1.165, 1.54) is 0 Å². The maximum atomic E-state index is 12.0. The number of benzene rings is 1. The fourth-order valence-electron chi connectivity index (χ4n) is 1.68. The Morgan fingerprint density at radius 2 is 1.84 bits per heavy atom. The van der Waals surface area contributed by atoms with Crippen LogP contribution >= 0.6 is 0 Å². The molecule has 1 aromatic heterocycles. The molecule has 0 N–H and O–H groups in total. The van der Waals surface area contributed by atoms with Crippen LogP contribution in [0.5, 0.6) is 0 Å². The molecule has 1 aromatic carbocycles. The Hall–Kier alpha value is -2.42. The number of carbonyl (C=O) groups is 1. The lowest BCUT2D eigenvalue weighted by molar-refractivity contribution is 0.104. The van der Waals surface area contributed by atoms with Gasteiger partial charge in [-0.25, -0.2) is 0 Å². The minimum atomic E-state index is -0.0426. The van der Waals surface area contributed by atoms with Crippen LogP contribution in [0.3, 0.4) is 0 Å². The topological polar surface area (TPSA) is 33.2 Å². The van der Waals surface area contributed by atoms with Gasteiger partial charge in [0.1, 0.15) is 0 Å². The molecule has 3 heteroatoms. The summed E-state index contributed by atoms with van der Waals surface area (Å²) in [5.41, 5.74) is 2.60. The van der Waals surface area contributed by atoms with Crippen LogP contribution in [0.2, 0.25) is 0 Å². The normalized spacial score (nSPS) is 10.6. The summed E-state index contributed by atoms with van der Waals surface area (Å²) in [6, 6.07) is 11.8. The van der Waals surface area contributed by atoms with E-state index in [1.807, 2.05) is 55.4 Å². The number of pyridine rings is 1. The van der Waals surface area contributed by atoms with Crippen molar-refractivity contribution in [2.75, 3.05) is 14.1 Å². The van der Waals surface area contributed by atoms with Gasteiger partial charge in [0.2, 0.25) is 0 Å². The number of allylic oxidation sites excluding steroid dienone is 1. The molecule has 2 aromatic rings. The van der Waals surface area contributed by atoms with Gasteiger partial charge in [0.25, 0.3) is 0 Å². The zero-order chi connectivity index (χ0) is 13.7. The zero-order valence-corrected chi connectivity index (χ0v) is 11.1. The first-order chi connectivity index (χ1) is 9.16. The van der Waals surface area contributed by atoms with Crippen molar-refractivity contribution in [1.82, 2.24) is 9.88 Å². The van der Waals surface area contributed by atoms with Gasteiger partial charge in [0, 0.05) is 49.9 Å². The summed E-state index contributed by atoms with van der Waals surface area (Å²) in [6.07, 6.45) is 6.64. The highest BCUT2D eigenvalue weighted by molar-refractivity contribution is 6.04. The van der Waals surface area contributed by atoms with E-state index in [2.05, 4.69) is 4.98 Å². The quantitative estimate of drug-likeness (QED) is 0.619. The molecule has 3 nitrogen and oxygen atoms in total. The minimum Gasteiger partial charge on any atom is -0.383 e. The summed E-state index contributed by atoms with van der Waals surface area (Å²) < 4.78 is 0. The van der Waals surface area contributed by atoms with Crippen molar-refractivity contribution >= 4 is 5.78 Å². The second-order valence-electron chi connectivity index (χ2n) is 4.47. The Bertz CT molecular complexity index is 589. The third-order valence-electron chi connectivity index (χ3n) is 2.65. The van der Waals surface area contributed by atoms with Gasteiger partial charge in [-0.3, -0.25) is 9.78 Å². The predicted molar refractivity (Wildman–Crippen MR) is 76.8 cm³/mol. The first kappa shape index (κ1) is 13.0. The molecule has 0 aliphatic heterocycles. The van der Waals surface area contributed by atoms with Crippen LogP contribution in [0, 0.1) is 0 Å². The minimum absolute atomic E-state index is 0.0426. The SMILES string of the molecule is CN(C)/C=C/C(=O)c1cncc(-c2ccccc2)c1. The van der Waals surface area contributed by atoms with Crippen LogP contribution < -0.4 is 0 Å². The molecule has 0 fully saturated rings. The average Bonchev–Trinajstić information content (AvgIpc) is 2.46. The molecule has 0 unspecified atom stereocenters. The molecular formula is C16H16N2O. The smallest absolute Gasteiger partial charge is 0.188 e. The third-order valence-corrected chi connectivity index (χ3v) is 2.65. The van der Waals surface area contributed by atoms with Crippen molar-refractivity contribution in [3.05, 3.63) is 66.6 Å². The molecule has 1 heterocycles. The number of carbonyl (C=O) groups excluding carboxylic acids is 1. The molecule has 0 radical (unpaired) electrons. The van der Waals surface area contributed by atoms with E-state index in [1.54, 1.807) is 24.7 Å². The fraction of sp³-hybridized carbons (Fsp3) is 0.125. The van der Waals surface area contributed by atoms with E-state index in [0.717, 1.165) is 11.1 Å². The molecule has 0 spiro atoms. The molecular weight excluding hydrogens is 236 g/mol. The molecule has 19 heavy (non-hydrogen) atoms. The van der Waals surface area contributed by atoms with Crippen molar-refractivity contribution in [2.24, 2.45) is 0 Å². The van der Waals surface area contributed by atoms with E-state index in [0.29, 0.717) is 5.56 Å². The van der Waals surface area contributed by atoms with Crippen LogP contribution in [-0.2, 0) is 0 Å². The van der Waals surface area contributed by atoms with Crippen LogP contribution in [0.1, 0.15) is 10.4 Å². The van der Waals surface area contributed by atoms with Gasteiger partial charge < -0.3 is 4.90 Å². The molecule has 0 saturated heterocycles. The Morgan fingerprint density at radius 3 is 2.53 bits per heavy atom. The number of rotatable bonds is 4. The standard InChI is InChI=1S/C16H16N2O/c1-18(2)9-8-16(19)15-10-14(11-17-12-15)13-6-4-3-5-7-13/h3-12H,1-2H3/b9-8+. The molecule has 0 atom stereocenters. The molecule has 0 amide bonds. The van der Waals surface area contributed by atoms with Crippen molar-refractivity contribution in [1.29, 1.82) is 0 Å². The van der Waals surface area contributed by atoms with Crippen molar-refractivity contribution < 1.29 is 4.79 Å². The van der Waals surface area contributed by atoms with E-state index in [-0.39, 0.29) is 5.78 Å². The molecule has 2 rings (SSSR count). The summed E-state index contributed by atoms with van der Waals surface area (Å²) >= 11 is 0. The Balaban J connectivity index is 2.28. The number of ketones is 1. The Labute approximate surface area is 113 Å². The fourth-order valence-corrected chi connectivity index (χ4v) is 1.68. The van der Waals surface area contributed by atoms with Crippen molar-refractivity contribution in [2.45, 2.75) is 0 Å². The number of nitrogens with zero attached hydrogens (tertiary/aromatic N) is 2. The lowest BCUT2D eigenvalue weighted by atomic mass is 10.0. The van der Waals surface area contributed by atoms with E-state index in [4.69, 9.17) is 0 Å². The summed E-state index contributed by atoms with van der Waals surface area (Å²) in [5.74, 6) is -0.0426. The number of hydrogen-bond donors (Lipinski definition) is 0. The number of aromatic nitrogens is 1. The predicted octanol–water partition coefficient (Wildman–Crippen LogP) is 3.01. The van der Waals surface area contributed by atoms with Gasteiger partial charge in [-0.1, -0.05) is 30.3 Å². The maximum Gasteiger partial charge on any atom is 0.188 e. The number of hydrogen-bond acceptors (Lipinski definition) is 3.